The molecule has 0 aliphatic rings. The number of hydrogen-bond acceptors (Lipinski definition) is 3. The van der Waals surface area contributed by atoms with Crippen LogP contribution in [0.5, 0.6) is 0 Å². The number of anilines is 2. The minimum absolute atomic E-state index is 0.0847. The summed E-state index contributed by atoms with van der Waals surface area (Å²) in [6.45, 7) is 3.86. The standard InChI is InChI=1S/C13H13ClFN3/c1-3-9-7-13(17-8(2)16-9)18-10-4-5-12(15)11(14)6-10/h4-7H,3H2,1-2H3,(H,16,17,18). The zero-order valence-electron chi connectivity index (χ0n) is 10.2. The van der Waals surface area contributed by atoms with Crippen molar-refractivity contribution in [3.05, 3.63) is 46.6 Å². The van der Waals surface area contributed by atoms with Crippen LogP contribution in [0.2, 0.25) is 5.02 Å². The highest BCUT2D eigenvalue weighted by Crippen LogP contribution is 2.22. The van der Waals surface area contributed by atoms with E-state index >= 15 is 0 Å². The molecule has 0 saturated heterocycles. The minimum Gasteiger partial charge on any atom is -0.340 e. The lowest BCUT2D eigenvalue weighted by molar-refractivity contribution is 0.628. The molecule has 2 aromatic rings. The van der Waals surface area contributed by atoms with Gasteiger partial charge in [-0.1, -0.05) is 18.5 Å². The normalized spacial score (nSPS) is 10.4. The van der Waals surface area contributed by atoms with Gasteiger partial charge in [0.2, 0.25) is 0 Å². The Morgan fingerprint density at radius 3 is 2.72 bits per heavy atom. The molecule has 0 spiro atoms. The number of hydrogen-bond donors (Lipinski definition) is 1. The number of nitrogens with one attached hydrogen (secondary N) is 1. The zero-order chi connectivity index (χ0) is 13.1. The van der Waals surface area contributed by atoms with Crippen LogP contribution in [0.3, 0.4) is 0 Å². The highest BCUT2D eigenvalue weighted by Gasteiger charge is 2.04. The summed E-state index contributed by atoms with van der Waals surface area (Å²) in [5, 5.41) is 3.17. The van der Waals surface area contributed by atoms with E-state index in [2.05, 4.69) is 15.3 Å². The Hall–Kier alpha value is -1.68. The lowest BCUT2D eigenvalue weighted by Crippen LogP contribution is -2.00. The van der Waals surface area contributed by atoms with Crippen LogP contribution >= 0.6 is 11.6 Å². The second kappa shape index (κ2) is 5.31. The molecule has 0 saturated carbocycles. The lowest BCUT2D eigenvalue weighted by Gasteiger charge is -2.08. The van der Waals surface area contributed by atoms with Crippen molar-refractivity contribution in [3.63, 3.8) is 0 Å². The monoisotopic (exact) mass is 265 g/mol. The third kappa shape index (κ3) is 2.96. The van der Waals surface area contributed by atoms with Gasteiger partial charge >= 0.3 is 0 Å². The summed E-state index contributed by atoms with van der Waals surface area (Å²) in [4.78, 5) is 8.56. The molecule has 5 heteroatoms. The van der Waals surface area contributed by atoms with Gasteiger partial charge in [-0.2, -0.15) is 0 Å². The Labute approximate surface area is 110 Å². The van der Waals surface area contributed by atoms with E-state index in [-0.39, 0.29) is 5.02 Å². The van der Waals surface area contributed by atoms with Crippen LogP contribution in [0.15, 0.2) is 24.3 Å². The van der Waals surface area contributed by atoms with Gasteiger partial charge in [-0.15, -0.1) is 0 Å². The molecule has 0 atom stereocenters. The van der Waals surface area contributed by atoms with Crippen LogP contribution in [0.25, 0.3) is 0 Å². The van der Waals surface area contributed by atoms with Gasteiger partial charge < -0.3 is 5.32 Å². The van der Waals surface area contributed by atoms with Gasteiger partial charge in [-0.05, 0) is 31.5 Å². The summed E-state index contributed by atoms with van der Waals surface area (Å²) >= 11 is 5.72. The van der Waals surface area contributed by atoms with E-state index in [4.69, 9.17) is 11.6 Å². The fourth-order valence-electron chi connectivity index (χ4n) is 1.60. The smallest absolute Gasteiger partial charge is 0.141 e. The van der Waals surface area contributed by atoms with Crippen molar-refractivity contribution in [1.29, 1.82) is 0 Å². The fraction of sp³-hybridized carbons (Fsp3) is 0.231. The van der Waals surface area contributed by atoms with Crippen LogP contribution in [0.1, 0.15) is 18.4 Å². The number of nitrogens with zero attached hydrogens (tertiary/aromatic N) is 2. The Morgan fingerprint density at radius 2 is 2.06 bits per heavy atom. The molecule has 0 fully saturated rings. The van der Waals surface area contributed by atoms with E-state index in [1.165, 1.54) is 12.1 Å². The van der Waals surface area contributed by atoms with Crippen molar-refractivity contribution in [2.45, 2.75) is 20.3 Å². The molecule has 0 aliphatic carbocycles. The van der Waals surface area contributed by atoms with Crippen molar-refractivity contribution in [1.82, 2.24) is 9.97 Å². The number of benzene rings is 1. The summed E-state index contributed by atoms with van der Waals surface area (Å²) in [5.41, 5.74) is 1.65. The molecule has 3 nitrogen and oxygen atoms in total. The number of aryl methyl sites for hydroxylation is 2. The Kier molecular flexibility index (Phi) is 3.77. The molecule has 1 N–H and O–H groups in total. The van der Waals surface area contributed by atoms with E-state index < -0.39 is 5.82 Å². The predicted molar refractivity (Wildman–Crippen MR) is 70.8 cm³/mol. The van der Waals surface area contributed by atoms with Gasteiger partial charge in [-0.3, -0.25) is 0 Å². The van der Waals surface area contributed by atoms with Crippen LogP contribution in [0.4, 0.5) is 15.9 Å². The van der Waals surface area contributed by atoms with E-state index in [0.29, 0.717) is 17.3 Å². The average Bonchev–Trinajstić information content (AvgIpc) is 2.33. The third-order valence-electron chi connectivity index (χ3n) is 2.45. The van der Waals surface area contributed by atoms with Crippen LogP contribution in [0, 0.1) is 12.7 Å². The average molecular weight is 266 g/mol. The molecule has 0 bridgehead atoms. The van der Waals surface area contributed by atoms with Crippen molar-refractivity contribution in [2.75, 3.05) is 5.32 Å². The lowest BCUT2D eigenvalue weighted by atomic mass is 10.3. The zero-order valence-corrected chi connectivity index (χ0v) is 10.9. The van der Waals surface area contributed by atoms with Crippen LogP contribution in [-0.2, 0) is 6.42 Å². The molecule has 0 aliphatic heterocycles. The third-order valence-corrected chi connectivity index (χ3v) is 2.73. The second-order valence-corrected chi connectivity index (χ2v) is 4.31. The largest absolute Gasteiger partial charge is 0.340 e. The Morgan fingerprint density at radius 1 is 1.28 bits per heavy atom. The van der Waals surface area contributed by atoms with E-state index in [9.17, 15) is 4.39 Å². The minimum atomic E-state index is -0.435. The second-order valence-electron chi connectivity index (χ2n) is 3.90. The first-order valence-corrected chi connectivity index (χ1v) is 6.03. The van der Waals surface area contributed by atoms with Gasteiger partial charge in [0.25, 0.3) is 0 Å². The highest BCUT2D eigenvalue weighted by atomic mass is 35.5. The number of halogens is 2. The molecule has 0 radical (unpaired) electrons. The molecule has 1 aromatic carbocycles. The topological polar surface area (TPSA) is 37.8 Å². The first-order chi connectivity index (χ1) is 8.58. The summed E-state index contributed by atoms with van der Waals surface area (Å²) in [6.07, 6.45) is 0.836. The van der Waals surface area contributed by atoms with Crippen molar-refractivity contribution < 1.29 is 4.39 Å². The molecule has 1 heterocycles. The first-order valence-electron chi connectivity index (χ1n) is 5.65. The van der Waals surface area contributed by atoms with Crippen LogP contribution in [-0.4, -0.2) is 9.97 Å². The van der Waals surface area contributed by atoms with Gasteiger partial charge in [0.05, 0.1) is 5.02 Å². The molecule has 2 rings (SSSR count). The predicted octanol–water partition coefficient (Wildman–Crippen LogP) is 3.88. The summed E-state index contributed by atoms with van der Waals surface area (Å²) in [6, 6.07) is 6.33. The summed E-state index contributed by atoms with van der Waals surface area (Å²) < 4.78 is 13.0. The molecular weight excluding hydrogens is 253 g/mol. The fourth-order valence-corrected chi connectivity index (χ4v) is 1.78. The maximum atomic E-state index is 13.0. The highest BCUT2D eigenvalue weighted by molar-refractivity contribution is 6.31. The van der Waals surface area contributed by atoms with Crippen LogP contribution < -0.4 is 5.32 Å². The molecular formula is C13H13ClFN3. The maximum absolute atomic E-state index is 13.0. The molecule has 94 valence electrons. The van der Waals surface area contributed by atoms with Crippen molar-refractivity contribution in [3.8, 4) is 0 Å². The molecule has 0 amide bonds. The molecule has 0 unspecified atom stereocenters. The summed E-state index contributed by atoms with van der Waals surface area (Å²) in [5.74, 6) is 0.947. The number of aromatic nitrogens is 2. The molecule has 18 heavy (non-hydrogen) atoms. The van der Waals surface area contributed by atoms with Gasteiger partial charge in [0, 0.05) is 17.4 Å². The van der Waals surface area contributed by atoms with Gasteiger partial charge in [0.15, 0.2) is 0 Å². The Balaban J connectivity index is 2.27. The van der Waals surface area contributed by atoms with Crippen molar-refractivity contribution in [2.24, 2.45) is 0 Å². The maximum Gasteiger partial charge on any atom is 0.141 e. The van der Waals surface area contributed by atoms with E-state index in [1.54, 1.807) is 6.07 Å². The van der Waals surface area contributed by atoms with E-state index in [1.807, 2.05) is 19.9 Å². The SMILES string of the molecule is CCc1cc(Nc2ccc(F)c(Cl)c2)nc(C)n1. The molecule has 1 aromatic heterocycles. The quantitative estimate of drug-likeness (QED) is 0.915. The van der Waals surface area contributed by atoms with Gasteiger partial charge in [0.1, 0.15) is 17.5 Å². The van der Waals surface area contributed by atoms with E-state index in [0.717, 1.165) is 12.1 Å². The number of rotatable bonds is 3. The van der Waals surface area contributed by atoms with Crippen molar-refractivity contribution >= 4 is 23.1 Å². The summed E-state index contributed by atoms with van der Waals surface area (Å²) in [7, 11) is 0. The van der Waals surface area contributed by atoms with Gasteiger partial charge in [-0.25, -0.2) is 14.4 Å². The first kappa shape index (κ1) is 12.8. The Bertz CT molecular complexity index is 572.